The Bertz CT molecular complexity index is 792. The summed E-state index contributed by atoms with van der Waals surface area (Å²) in [5.41, 5.74) is 0.214. The van der Waals surface area contributed by atoms with Gasteiger partial charge in [-0.15, -0.1) is 11.3 Å². The van der Waals surface area contributed by atoms with Crippen molar-refractivity contribution in [2.45, 2.75) is 12.7 Å². The van der Waals surface area contributed by atoms with Gasteiger partial charge in [0.1, 0.15) is 11.6 Å². The van der Waals surface area contributed by atoms with E-state index in [1.165, 1.54) is 16.3 Å². The highest BCUT2D eigenvalue weighted by Gasteiger charge is 2.35. The van der Waals surface area contributed by atoms with Crippen molar-refractivity contribution in [3.63, 3.8) is 0 Å². The second kappa shape index (κ2) is 6.68. The summed E-state index contributed by atoms with van der Waals surface area (Å²) >= 11 is 0.503. The van der Waals surface area contributed by atoms with Crippen LogP contribution >= 0.6 is 11.3 Å². The Morgan fingerprint density at radius 2 is 1.96 bits per heavy atom. The molecule has 0 saturated carbocycles. The third-order valence-electron chi connectivity index (χ3n) is 3.68. The molecule has 0 unspecified atom stereocenters. The lowest BCUT2D eigenvalue weighted by Crippen LogP contribution is -2.50. The number of carbonyl (C=O) groups excluding carboxylic acids is 1. The smallest absolute Gasteiger partial charge is 0.307 e. The average molecular weight is 377 g/mol. The van der Waals surface area contributed by atoms with E-state index in [0.29, 0.717) is 23.9 Å². The number of piperazine rings is 1. The first-order chi connectivity index (χ1) is 11.7. The summed E-state index contributed by atoms with van der Waals surface area (Å²) in [5.74, 6) is -1.99. The number of halogens is 5. The number of rotatable bonds is 3. The molecule has 3 rings (SSSR count). The number of thiazole rings is 1. The van der Waals surface area contributed by atoms with Crippen LogP contribution in [0.3, 0.4) is 0 Å². The zero-order valence-electron chi connectivity index (χ0n) is 12.7. The van der Waals surface area contributed by atoms with Crippen molar-refractivity contribution in [2.75, 3.05) is 24.5 Å². The van der Waals surface area contributed by atoms with Gasteiger partial charge in [0, 0.05) is 31.1 Å². The summed E-state index contributed by atoms with van der Waals surface area (Å²) in [6, 6.07) is 2.95. The number of alkyl halides is 3. The van der Waals surface area contributed by atoms with Gasteiger partial charge in [0.05, 0.1) is 17.9 Å². The van der Waals surface area contributed by atoms with E-state index in [0.717, 1.165) is 6.07 Å². The first kappa shape index (κ1) is 17.7. The van der Waals surface area contributed by atoms with Gasteiger partial charge in [0.2, 0.25) is 5.91 Å². The molecule has 0 aliphatic carbocycles. The molecule has 134 valence electrons. The molecule has 0 atom stereocenters. The maximum Gasteiger partial charge on any atom is 0.443 e. The predicted octanol–water partition coefficient (Wildman–Crippen LogP) is 3.29. The molecule has 0 bridgehead atoms. The number of aromatic nitrogens is 1. The molecule has 1 aromatic carbocycles. The van der Waals surface area contributed by atoms with E-state index in [1.807, 2.05) is 0 Å². The maximum absolute atomic E-state index is 13.8. The number of hydrogen-bond donors (Lipinski definition) is 0. The van der Waals surface area contributed by atoms with Crippen molar-refractivity contribution in [3.05, 3.63) is 45.9 Å². The fraction of sp³-hybridized carbons (Fsp3) is 0.333. The Labute approximate surface area is 143 Å². The van der Waals surface area contributed by atoms with Gasteiger partial charge in [-0.3, -0.25) is 9.69 Å². The molecular formula is C15H12F5N3OS. The summed E-state index contributed by atoms with van der Waals surface area (Å²) in [4.78, 5) is 18.6. The third-order valence-corrected chi connectivity index (χ3v) is 4.62. The Balaban J connectivity index is 1.66. The first-order valence-corrected chi connectivity index (χ1v) is 8.11. The molecule has 1 fully saturated rings. The van der Waals surface area contributed by atoms with Crippen LogP contribution < -0.4 is 4.90 Å². The highest BCUT2D eigenvalue weighted by Crippen LogP contribution is 2.32. The average Bonchev–Trinajstić information content (AvgIpc) is 2.97. The summed E-state index contributed by atoms with van der Waals surface area (Å²) in [7, 11) is 0. The van der Waals surface area contributed by atoms with Crippen LogP contribution in [-0.4, -0.2) is 35.4 Å². The number of nitrogens with zero attached hydrogens (tertiary/aromatic N) is 3. The molecule has 25 heavy (non-hydrogen) atoms. The van der Waals surface area contributed by atoms with E-state index in [9.17, 15) is 26.7 Å². The predicted molar refractivity (Wildman–Crippen MR) is 81.1 cm³/mol. The molecule has 10 heteroatoms. The summed E-state index contributed by atoms with van der Waals surface area (Å²) < 4.78 is 64.4. The van der Waals surface area contributed by atoms with Gasteiger partial charge in [-0.2, -0.15) is 13.2 Å². The van der Waals surface area contributed by atoms with Crippen molar-refractivity contribution in [1.29, 1.82) is 0 Å². The molecule has 1 aliphatic rings. The lowest BCUT2D eigenvalue weighted by molar-refractivity contribution is -0.137. The monoisotopic (exact) mass is 377 g/mol. The van der Waals surface area contributed by atoms with Gasteiger partial charge >= 0.3 is 6.18 Å². The van der Waals surface area contributed by atoms with Crippen molar-refractivity contribution in [2.24, 2.45) is 0 Å². The van der Waals surface area contributed by atoms with Crippen LogP contribution in [0.25, 0.3) is 0 Å². The van der Waals surface area contributed by atoms with Crippen molar-refractivity contribution in [3.8, 4) is 0 Å². The normalized spacial score (nSPS) is 16.5. The molecule has 0 spiro atoms. The lowest BCUT2D eigenvalue weighted by atomic mass is 10.2. The van der Waals surface area contributed by atoms with Crippen LogP contribution in [0.4, 0.5) is 27.6 Å². The molecule has 0 radical (unpaired) electrons. The molecule has 1 aliphatic heterocycles. The Morgan fingerprint density at radius 3 is 2.56 bits per heavy atom. The highest BCUT2D eigenvalue weighted by molar-refractivity contribution is 7.09. The molecular weight excluding hydrogens is 365 g/mol. The first-order valence-electron chi connectivity index (χ1n) is 7.23. The minimum absolute atomic E-state index is 0.0148. The summed E-state index contributed by atoms with van der Waals surface area (Å²) in [6.07, 6.45) is -4.49. The quantitative estimate of drug-likeness (QED) is 0.771. The van der Waals surface area contributed by atoms with Gasteiger partial charge in [0.25, 0.3) is 0 Å². The SMILES string of the molecule is O=C1CN(Cc2csc(C(F)(F)F)n2)CCN1c1ccc(F)cc1F. The second-order valence-corrected chi connectivity index (χ2v) is 6.35. The largest absolute Gasteiger partial charge is 0.443 e. The zero-order valence-corrected chi connectivity index (χ0v) is 13.5. The second-order valence-electron chi connectivity index (χ2n) is 5.49. The van der Waals surface area contributed by atoms with Gasteiger partial charge in [-0.05, 0) is 12.1 Å². The number of anilines is 1. The third kappa shape index (κ3) is 3.96. The van der Waals surface area contributed by atoms with E-state index in [1.54, 1.807) is 4.90 Å². The molecule has 2 heterocycles. The maximum atomic E-state index is 13.8. The van der Waals surface area contributed by atoms with Crippen LogP contribution in [-0.2, 0) is 17.5 Å². The molecule has 1 aromatic heterocycles. The zero-order chi connectivity index (χ0) is 18.2. The van der Waals surface area contributed by atoms with E-state index < -0.39 is 28.7 Å². The summed E-state index contributed by atoms with van der Waals surface area (Å²) in [5, 5.41) is 0.375. The van der Waals surface area contributed by atoms with Crippen LogP contribution in [0.1, 0.15) is 10.7 Å². The van der Waals surface area contributed by atoms with Gasteiger partial charge in [-0.1, -0.05) is 0 Å². The van der Waals surface area contributed by atoms with Crippen LogP contribution in [0.2, 0.25) is 0 Å². The molecule has 4 nitrogen and oxygen atoms in total. The van der Waals surface area contributed by atoms with Crippen LogP contribution in [0.5, 0.6) is 0 Å². The minimum atomic E-state index is -4.49. The van der Waals surface area contributed by atoms with E-state index >= 15 is 0 Å². The van der Waals surface area contributed by atoms with Gasteiger partial charge in [-0.25, -0.2) is 13.8 Å². The molecule has 1 amide bonds. The minimum Gasteiger partial charge on any atom is -0.307 e. The van der Waals surface area contributed by atoms with Gasteiger partial charge < -0.3 is 4.90 Å². The fourth-order valence-corrected chi connectivity index (χ4v) is 3.23. The molecule has 1 saturated heterocycles. The Morgan fingerprint density at radius 1 is 1.20 bits per heavy atom. The van der Waals surface area contributed by atoms with Crippen molar-refractivity contribution >= 4 is 22.9 Å². The highest BCUT2D eigenvalue weighted by atomic mass is 32.1. The number of hydrogen-bond acceptors (Lipinski definition) is 4. The Kier molecular flexibility index (Phi) is 4.74. The van der Waals surface area contributed by atoms with E-state index in [2.05, 4.69) is 4.98 Å². The molecule has 2 aromatic rings. The van der Waals surface area contributed by atoms with Crippen molar-refractivity contribution < 1.29 is 26.7 Å². The van der Waals surface area contributed by atoms with Crippen molar-refractivity contribution in [1.82, 2.24) is 9.88 Å². The topological polar surface area (TPSA) is 36.4 Å². The van der Waals surface area contributed by atoms with Crippen LogP contribution in [0, 0.1) is 11.6 Å². The molecule has 0 N–H and O–H groups in total. The Hall–Kier alpha value is -2.07. The lowest BCUT2D eigenvalue weighted by Gasteiger charge is -2.34. The fourth-order valence-electron chi connectivity index (χ4n) is 2.55. The number of benzene rings is 1. The number of amides is 1. The van der Waals surface area contributed by atoms with E-state index in [4.69, 9.17) is 0 Å². The van der Waals surface area contributed by atoms with Crippen LogP contribution in [0.15, 0.2) is 23.6 Å². The summed E-state index contributed by atoms with van der Waals surface area (Å²) in [6.45, 7) is 0.493. The van der Waals surface area contributed by atoms with Gasteiger partial charge in [0.15, 0.2) is 5.01 Å². The van der Waals surface area contributed by atoms with E-state index in [-0.39, 0.29) is 31.0 Å². The standard InChI is InChI=1S/C15H12F5N3OS/c16-9-1-2-12(11(17)5-9)23-4-3-22(7-13(23)24)6-10-8-25-14(21-10)15(18,19)20/h1-2,5,8H,3-4,6-7H2. The number of carbonyl (C=O) groups is 1.